The summed E-state index contributed by atoms with van der Waals surface area (Å²) in [5.74, 6) is 0.429. The molecule has 0 N–H and O–H groups in total. The van der Waals surface area contributed by atoms with Crippen LogP contribution in [0.15, 0.2) is 51.1 Å². The van der Waals surface area contributed by atoms with Gasteiger partial charge in [-0.05, 0) is 43.0 Å². The SMILES string of the molecule is CCn1c(Sc2ccc(F)cc2[N+](=O)[O-])nnc1-c1ccco1. The van der Waals surface area contributed by atoms with Crippen LogP contribution in [0.1, 0.15) is 6.92 Å². The number of hydrogen-bond acceptors (Lipinski definition) is 6. The number of benzene rings is 1. The van der Waals surface area contributed by atoms with Crippen molar-refractivity contribution in [2.45, 2.75) is 23.5 Å². The van der Waals surface area contributed by atoms with Crippen LogP contribution in [0.3, 0.4) is 0 Å². The van der Waals surface area contributed by atoms with Gasteiger partial charge in [0.2, 0.25) is 0 Å². The van der Waals surface area contributed by atoms with Gasteiger partial charge in [0.15, 0.2) is 16.7 Å². The molecule has 3 rings (SSSR count). The Morgan fingerprint density at radius 2 is 2.22 bits per heavy atom. The molecule has 7 nitrogen and oxygen atoms in total. The average molecular weight is 334 g/mol. The van der Waals surface area contributed by atoms with E-state index in [0.717, 1.165) is 17.8 Å². The second-order valence-corrected chi connectivity index (χ2v) is 5.51. The number of nitro benzene ring substituents is 1. The highest BCUT2D eigenvalue weighted by Gasteiger charge is 2.21. The van der Waals surface area contributed by atoms with E-state index in [1.807, 2.05) is 6.92 Å². The van der Waals surface area contributed by atoms with Crippen molar-refractivity contribution in [1.82, 2.24) is 14.8 Å². The Morgan fingerprint density at radius 3 is 2.87 bits per heavy atom. The van der Waals surface area contributed by atoms with E-state index in [4.69, 9.17) is 4.42 Å². The molecule has 0 saturated heterocycles. The summed E-state index contributed by atoms with van der Waals surface area (Å²) in [5, 5.41) is 19.7. The predicted molar refractivity (Wildman–Crippen MR) is 80.6 cm³/mol. The fraction of sp³-hybridized carbons (Fsp3) is 0.143. The van der Waals surface area contributed by atoms with Gasteiger partial charge in [-0.2, -0.15) is 0 Å². The number of nitro groups is 1. The van der Waals surface area contributed by atoms with Gasteiger partial charge in [-0.25, -0.2) is 4.39 Å². The van der Waals surface area contributed by atoms with Crippen LogP contribution in [-0.4, -0.2) is 19.7 Å². The molecule has 0 aliphatic rings. The van der Waals surface area contributed by atoms with Gasteiger partial charge >= 0.3 is 0 Å². The zero-order valence-electron chi connectivity index (χ0n) is 12.0. The molecule has 0 aliphatic heterocycles. The molecule has 0 bridgehead atoms. The van der Waals surface area contributed by atoms with Gasteiger partial charge in [-0.3, -0.25) is 14.7 Å². The largest absolute Gasteiger partial charge is 0.461 e. The molecule has 2 heterocycles. The van der Waals surface area contributed by atoms with Gasteiger partial charge in [-0.1, -0.05) is 0 Å². The number of aromatic nitrogens is 3. The van der Waals surface area contributed by atoms with E-state index < -0.39 is 10.7 Å². The number of furan rings is 1. The summed E-state index contributed by atoms with van der Waals surface area (Å²) in [7, 11) is 0. The standard InChI is InChI=1S/C14H11FN4O3S/c1-2-18-13(11-4-3-7-22-11)16-17-14(18)23-12-6-5-9(15)8-10(12)19(20)21/h3-8H,2H2,1H3. The molecule has 0 amide bonds. The van der Waals surface area contributed by atoms with Crippen molar-refractivity contribution >= 4 is 17.4 Å². The van der Waals surface area contributed by atoms with Crippen molar-refractivity contribution in [3.8, 4) is 11.6 Å². The first-order chi connectivity index (χ1) is 11.1. The van der Waals surface area contributed by atoms with Gasteiger partial charge in [0.1, 0.15) is 5.82 Å². The van der Waals surface area contributed by atoms with Crippen molar-refractivity contribution in [2.75, 3.05) is 0 Å². The summed E-state index contributed by atoms with van der Waals surface area (Å²) < 4.78 is 20.3. The normalized spacial score (nSPS) is 10.9. The quantitative estimate of drug-likeness (QED) is 0.521. The fourth-order valence-electron chi connectivity index (χ4n) is 2.06. The fourth-order valence-corrected chi connectivity index (χ4v) is 3.03. The Kier molecular flexibility index (Phi) is 4.11. The topological polar surface area (TPSA) is 87.0 Å². The molecule has 118 valence electrons. The molecule has 9 heteroatoms. The first-order valence-electron chi connectivity index (χ1n) is 6.69. The zero-order chi connectivity index (χ0) is 16.4. The average Bonchev–Trinajstić information content (AvgIpc) is 3.17. The van der Waals surface area contributed by atoms with Crippen LogP contribution in [-0.2, 0) is 6.54 Å². The summed E-state index contributed by atoms with van der Waals surface area (Å²) >= 11 is 1.06. The van der Waals surface area contributed by atoms with E-state index in [9.17, 15) is 14.5 Å². The minimum absolute atomic E-state index is 0.296. The van der Waals surface area contributed by atoms with Crippen LogP contribution in [0.25, 0.3) is 11.6 Å². The van der Waals surface area contributed by atoms with Crippen LogP contribution in [0.5, 0.6) is 0 Å². The highest BCUT2D eigenvalue weighted by atomic mass is 32.2. The molecule has 1 aromatic carbocycles. The lowest BCUT2D eigenvalue weighted by Gasteiger charge is -2.06. The highest BCUT2D eigenvalue weighted by molar-refractivity contribution is 7.99. The number of halogens is 1. The maximum atomic E-state index is 13.2. The van der Waals surface area contributed by atoms with Crippen molar-refractivity contribution in [3.63, 3.8) is 0 Å². The Hall–Kier alpha value is -2.68. The molecule has 0 unspecified atom stereocenters. The molecule has 2 aromatic heterocycles. The monoisotopic (exact) mass is 334 g/mol. The number of nitrogens with zero attached hydrogens (tertiary/aromatic N) is 4. The lowest BCUT2D eigenvalue weighted by molar-refractivity contribution is -0.387. The second kappa shape index (κ2) is 6.21. The van der Waals surface area contributed by atoms with Gasteiger partial charge in [0, 0.05) is 6.54 Å². The van der Waals surface area contributed by atoms with Crippen LogP contribution >= 0.6 is 11.8 Å². The minimum Gasteiger partial charge on any atom is -0.461 e. The Balaban J connectivity index is 2.00. The van der Waals surface area contributed by atoms with E-state index >= 15 is 0 Å². The molecule has 0 spiro atoms. The molecule has 3 aromatic rings. The molecule has 0 fully saturated rings. The third-order valence-electron chi connectivity index (χ3n) is 3.09. The maximum Gasteiger partial charge on any atom is 0.286 e. The van der Waals surface area contributed by atoms with Crippen LogP contribution < -0.4 is 0 Å². The first-order valence-corrected chi connectivity index (χ1v) is 7.50. The molecular formula is C14H11FN4O3S. The van der Waals surface area contributed by atoms with Crippen molar-refractivity contribution < 1.29 is 13.7 Å². The molecular weight excluding hydrogens is 323 g/mol. The van der Waals surface area contributed by atoms with Crippen molar-refractivity contribution in [2.24, 2.45) is 0 Å². The van der Waals surface area contributed by atoms with Crippen molar-refractivity contribution in [1.29, 1.82) is 0 Å². The summed E-state index contributed by atoms with van der Waals surface area (Å²) in [6, 6.07) is 6.92. The van der Waals surface area contributed by atoms with Crippen LogP contribution in [0.4, 0.5) is 10.1 Å². The predicted octanol–water partition coefficient (Wildman–Crippen LogP) is 3.76. The van der Waals surface area contributed by atoms with Gasteiger partial charge in [-0.15, -0.1) is 10.2 Å². The first kappa shape index (κ1) is 15.2. The Bertz CT molecular complexity index is 848. The van der Waals surface area contributed by atoms with E-state index in [0.29, 0.717) is 28.2 Å². The van der Waals surface area contributed by atoms with Crippen LogP contribution in [0, 0.1) is 15.9 Å². The Morgan fingerprint density at radius 1 is 1.39 bits per heavy atom. The van der Waals surface area contributed by atoms with Gasteiger partial charge in [0.05, 0.1) is 22.1 Å². The lowest BCUT2D eigenvalue weighted by Crippen LogP contribution is -1.99. The van der Waals surface area contributed by atoms with Crippen molar-refractivity contribution in [3.05, 3.63) is 52.5 Å². The summed E-state index contributed by atoms with van der Waals surface area (Å²) in [5.41, 5.74) is -0.305. The number of hydrogen-bond donors (Lipinski definition) is 0. The van der Waals surface area contributed by atoms with E-state index in [1.54, 1.807) is 16.7 Å². The highest BCUT2D eigenvalue weighted by Crippen LogP contribution is 2.35. The smallest absolute Gasteiger partial charge is 0.286 e. The zero-order valence-corrected chi connectivity index (χ0v) is 12.8. The van der Waals surface area contributed by atoms with E-state index in [1.165, 1.54) is 18.4 Å². The number of rotatable bonds is 5. The van der Waals surface area contributed by atoms with Gasteiger partial charge in [0.25, 0.3) is 5.69 Å². The summed E-state index contributed by atoms with van der Waals surface area (Å²) in [4.78, 5) is 10.8. The maximum absolute atomic E-state index is 13.2. The van der Waals surface area contributed by atoms with Crippen LogP contribution in [0.2, 0.25) is 0 Å². The third kappa shape index (κ3) is 2.95. The molecule has 0 radical (unpaired) electrons. The van der Waals surface area contributed by atoms with E-state index in [-0.39, 0.29) is 5.69 Å². The Labute approximate surface area is 134 Å². The molecule has 0 saturated carbocycles. The lowest BCUT2D eigenvalue weighted by atomic mass is 10.3. The second-order valence-electron chi connectivity index (χ2n) is 4.50. The minimum atomic E-state index is -0.658. The summed E-state index contributed by atoms with van der Waals surface area (Å²) in [6.45, 7) is 2.46. The molecule has 0 atom stereocenters. The van der Waals surface area contributed by atoms with Gasteiger partial charge < -0.3 is 4.42 Å². The molecule has 23 heavy (non-hydrogen) atoms. The van der Waals surface area contributed by atoms with E-state index in [2.05, 4.69) is 10.2 Å². The molecule has 0 aliphatic carbocycles. The summed E-state index contributed by atoms with van der Waals surface area (Å²) in [6.07, 6.45) is 1.53. The third-order valence-corrected chi connectivity index (χ3v) is 4.14.